The van der Waals surface area contributed by atoms with E-state index in [1.165, 1.54) is 19.2 Å². The number of methoxy groups -OCH3 is 1. The smallest absolute Gasteiger partial charge is 0.337 e. The second-order valence-corrected chi connectivity index (χ2v) is 7.81. The Morgan fingerprint density at radius 2 is 2.04 bits per heavy atom. The van der Waals surface area contributed by atoms with Gasteiger partial charge in [0.05, 0.1) is 34.8 Å². The SMILES string of the molecule is COC(=O)c1ccc(C)c(S(=O)(=O)NCc2cn3cc(Cl)ccc3n2)c1. The molecule has 0 aliphatic rings. The Bertz CT molecular complexity index is 1090. The maximum absolute atomic E-state index is 12.6. The first-order valence-corrected chi connectivity index (χ1v) is 9.48. The van der Waals surface area contributed by atoms with Crippen LogP contribution in [0.2, 0.25) is 5.02 Å². The molecule has 0 unspecified atom stereocenters. The van der Waals surface area contributed by atoms with Gasteiger partial charge in [-0.05, 0) is 36.8 Å². The minimum atomic E-state index is -3.83. The number of halogens is 1. The van der Waals surface area contributed by atoms with Gasteiger partial charge in [-0.1, -0.05) is 17.7 Å². The highest BCUT2D eigenvalue weighted by Gasteiger charge is 2.19. The molecule has 7 nitrogen and oxygen atoms in total. The second-order valence-electron chi connectivity index (χ2n) is 5.64. The molecule has 2 aromatic heterocycles. The van der Waals surface area contributed by atoms with Gasteiger partial charge in [-0.15, -0.1) is 0 Å². The quantitative estimate of drug-likeness (QED) is 0.673. The zero-order valence-electron chi connectivity index (χ0n) is 14.1. The number of imidazole rings is 1. The van der Waals surface area contributed by atoms with E-state index in [4.69, 9.17) is 11.6 Å². The van der Waals surface area contributed by atoms with Gasteiger partial charge in [0, 0.05) is 12.4 Å². The number of hydrogen-bond acceptors (Lipinski definition) is 5. The summed E-state index contributed by atoms with van der Waals surface area (Å²) in [6.45, 7) is 1.66. The molecule has 0 amide bonds. The molecule has 2 heterocycles. The molecule has 0 spiro atoms. The molecule has 26 heavy (non-hydrogen) atoms. The number of nitrogens with one attached hydrogen (secondary N) is 1. The average molecular weight is 394 g/mol. The average Bonchev–Trinajstić information content (AvgIpc) is 3.01. The Labute approximate surface area is 155 Å². The Hall–Kier alpha value is -2.42. The molecule has 3 rings (SSSR count). The van der Waals surface area contributed by atoms with Gasteiger partial charge in [-0.2, -0.15) is 0 Å². The number of carbonyl (C=O) groups excluding carboxylic acids is 1. The van der Waals surface area contributed by atoms with Crippen LogP contribution in [0.25, 0.3) is 5.65 Å². The molecule has 136 valence electrons. The molecule has 0 atom stereocenters. The number of ether oxygens (including phenoxy) is 1. The summed E-state index contributed by atoms with van der Waals surface area (Å²) in [7, 11) is -2.59. The Morgan fingerprint density at radius 1 is 1.27 bits per heavy atom. The lowest BCUT2D eigenvalue weighted by atomic mass is 10.1. The summed E-state index contributed by atoms with van der Waals surface area (Å²) in [4.78, 5) is 16.0. The fraction of sp³-hybridized carbons (Fsp3) is 0.176. The Morgan fingerprint density at radius 3 is 2.77 bits per heavy atom. The van der Waals surface area contributed by atoms with E-state index in [0.717, 1.165) is 0 Å². The summed E-state index contributed by atoms with van der Waals surface area (Å²) < 4.78 is 34.1. The molecule has 0 aliphatic carbocycles. The molecule has 1 N–H and O–H groups in total. The van der Waals surface area contributed by atoms with Crippen LogP contribution in [0, 0.1) is 6.92 Å². The normalized spacial score (nSPS) is 11.7. The van der Waals surface area contributed by atoms with Gasteiger partial charge < -0.3 is 9.14 Å². The second kappa shape index (κ2) is 7.06. The summed E-state index contributed by atoms with van der Waals surface area (Å²) in [6.07, 6.45) is 3.38. The van der Waals surface area contributed by atoms with E-state index in [9.17, 15) is 13.2 Å². The van der Waals surface area contributed by atoms with E-state index in [1.807, 2.05) is 0 Å². The van der Waals surface area contributed by atoms with E-state index in [1.54, 1.807) is 41.9 Å². The first-order chi connectivity index (χ1) is 12.3. The van der Waals surface area contributed by atoms with Crippen LogP contribution in [-0.4, -0.2) is 30.9 Å². The minimum absolute atomic E-state index is 0.00350. The van der Waals surface area contributed by atoms with E-state index in [0.29, 0.717) is 21.9 Å². The zero-order valence-corrected chi connectivity index (χ0v) is 15.6. The molecule has 0 aliphatic heterocycles. The van der Waals surface area contributed by atoms with Gasteiger partial charge in [-0.25, -0.2) is 22.9 Å². The van der Waals surface area contributed by atoms with Crippen molar-refractivity contribution < 1.29 is 17.9 Å². The summed E-state index contributed by atoms with van der Waals surface area (Å²) in [5, 5.41) is 0.553. The van der Waals surface area contributed by atoms with Crippen LogP contribution >= 0.6 is 11.6 Å². The van der Waals surface area contributed by atoms with Gasteiger partial charge in [0.2, 0.25) is 10.0 Å². The third kappa shape index (κ3) is 3.72. The van der Waals surface area contributed by atoms with Crippen LogP contribution < -0.4 is 4.72 Å². The zero-order chi connectivity index (χ0) is 18.9. The maximum Gasteiger partial charge on any atom is 0.337 e. The number of pyridine rings is 1. The number of carbonyl (C=O) groups is 1. The number of sulfonamides is 1. The van der Waals surface area contributed by atoms with Crippen molar-refractivity contribution >= 4 is 33.2 Å². The number of aromatic nitrogens is 2. The number of nitrogens with zero attached hydrogens (tertiary/aromatic N) is 2. The van der Waals surface area contributed by atoms with Gasteiger partial charge in [0.15, 0.2) is 0 Å². The highest BCUT2D eigenvalue weighted by Crippen LogP contribution is 2.18. The van der Waals surface area contributed by atoms with Crippen molar-refractivity contribution in [2.75, 3.05) is 7.11 Å². The van der Waals surface area contributed by atoms with Gasteiger partial charge in [-0.3, -0.25) is 0 Å². The van der Waals surface area contributed by atoms with Crippen LogP contribution in [0.1, 0.15) is 21.6 Å². The first kappa shape index (κ1) is 18.4. The predicted octanol–water partition coefficient (Wildman–Crippen LogP) is 2.56. The Balaban J connectivity index is 1.85. The van der Waals surface area contributed by atoms with Crippen molar-refractivity contribution in [3.05, 3.63) is 64.6 Å². The molecule has 0 fully saturated rings. The highest BCUT2D eigenvalue weighted by atomic mass is 35.5. The first-order valence-electron chi connectivity index (χ1n) is 7.62. The van der Waals surface area contributed by atoms with Crippen molar-refractivity contribution in [2.24, 2.45) is 0 Å². The topological polar surface area (TPSA) is 89.8 Å². The molecule has 0 radical (unpaired) electrons. The van der Waals surface area contributed by atoms with E-state index >= 15 is 0 Å². The third-order valence-electron chi connectivity index (χ3n) is 3.81. The fourth-order valence-corrected chi connectivity index (χ4v) is 3.92. The van der Waals surface area contributed by atoms with Gasteiger partial charge in [0.25, 0.3) is 0 Å². The highest BCUT2D eigenvalue weighted by molar-refractivity contribution is 7.89. The summed E-state index contributed by atoms with van der Waals surface area (Å²) >= 11 is 5.93. The molecule has 0 bridgehead atoms. The van der Waals surface area contributed by atoms with Crippen molar-refractivity contribution in [1.29, 1.82) is 0 Å². The van der Waals surface area contributed by atoms with Crippen LogP contribution in [0.5, 0.6) is 0 Å². The molecule has 9 heteroatoms. The molecule has 3 aromatic rings. The Kier molecular flexibility index (Phi) is 4.99. The van der Waals surface area contributed by atoms with Gasteiger partial charge in [0.1, 0.15) is 5.65 Å². The molecule has 1 aromatic carbocycles. The lowest BCUT2D eigenvalue weighted by Crippen LogP contribution is -2.24. The van der Waals surface area contributed by atoms with Crippen LogP contribution in [0.3, 0.4) is 0 Å². The van der Waals surface area contributed by atoms with Crippen molar-refractivity contribution in [2.45, 2.75) is 18.4 Å². The number of esters is 1. The number of rotatable bonds is 5. The number of benzene rings is 1. The summed E-state index contributed by atoms with van der Waals surface area (Å²) in [6, 6.07) is 7.83. The van der Waals surface area contributed by atoms with Crippen molar-refractivity contribution in [1.82, 2.24) is 14.1 Å². The largest absolute Gasteiger partial charge is 0.465 e. The van der Waals surface area contributed by atoms with Gasteiger partial charge >= 0.3 is 5.97 Å². The third-order valence-corrected chi connectivity index (χ3v) is 5.57. The molecule has 0 saturated carbocycles. The number of hydrogen-bond donors (Lipinski definition) is 1. The van der Waals surface area contributed by atoms with Crippen LogP contribution in [0.4, 0.5) is 0 Å². The number of fused-ring (bicyclic) bond motifs is 1. The van der Waals surface area contributed by atoms with E-state index in [2.05, 4.69) is 14.4 Å². The molecular formula is C17H16ClN3O4S. The summed E-state index contributed by atoms with van der Waals surface area (Å²) in [5.41, 5.74) is 1.89. The van der Waals surface area contributed by atoms with E-state index < -0.39 is 16.0 Å². The molecule has 0 saturated heterocycles. The maximum atomic E-state index is 12.6. The summed E-state index contributed by atoms with van der Waals surface area (Å²) in [5.74, 6) is -0.598. The predicted molar refractivity (Wildman–Crippen MR) is 96.7 cm³/mol. The minimum Gasteiger partial charge on any atom is -0.465 e. The standard InChI is InChI=1S/C17H16ClN3O4S/c1-11-3-4-12(17(22)25-2)7-15(11)26(23,24)19-8-14-10-21-9-13(18)5-6-16(21)20-14/h3-7,9-10,19H,8H2,1-2H3. The molecular weight excluding hydrogens is 378 g/mol. The lowest BCUT2D eigenvalue weighted by Gasteiger charge is -2.10. The van der Waals surface area contributed by atoms with E-state index in [-0.39, 0.29) is 17.0 Å². The van der Waals surface area contributed by atoms with Crippen LogP contribution in [-0.2, 0) is 21.3 Å². The fourth-order valence-electron chi connectivity index (χ4n) is 2.48. The van der Waals surface area contributed by atoms with Crippen LogP contribution in [0.15, 0.2) is 47.6 Å². The van der Waals surface area contributed by atoms with Crippen molar-refractivity contribution in [3.8, 4) is 0 Å². The monoisotopic (exact) mass is 393 g/mol. The number of aryl methyl sites for hydroxylation is 1. The van der Waals surface area contributed by atoms with Crippen molar-refractivity contribution in [3.63, 3.8) is 0 Å². The lowest BCUT2D eigenvalue weighted by molar-refractivity contribution is 0.0600.